The fraction of sp³-hybridized carbons (Fsp3) is 0.0690. The summed E-state index contributed by atoms with van der Waals surface area (Å²) in [7, 11) is 0. The number of amides is 1. The smallest absolute Gasteiger partial charge is 0.279 e. The maximum Gasteiger partial charge on any atom is 0.279 e. The number of nitrogens with zero attached hydrogens (tertiary/aromatic N) is 4. The molecule has 0 atom stereocenters. The van der Waals surface area contributed by atoms with Crippen LogP contribution in [0.5, 0.6) is 0 Å². The Morgan fingerprint density at radius 2 is 1.82 bits per heavy atom. The molecule has 192 valence electrons. The molecule has 0 spiro atoms. The van der Waals surface area contributed by atoms with Crippen LogP contribution in [0.4, 0.5) is 20.4 Å². The number of anilines is 2. The van der Waals surface area contributed by atoms with Gasteiger partial charge in [0, 0.05) is 29.0 Å². The summed E-state index contributed by atoms with van der Waals surface area (Å²) in [5.74, 6) is 3.67. The van der Waals surface area contributed by atoms with Crippen molar-refractivity contribution in [1.29, 1.82) is 0 Å². The Labute approximate surface area is 221 Å². The molecule has 0 radical (unpaired) electrons. The Kier molecular flexibility index (Phi) is 7.32. The first kappa shape index (κ1) is 25.2. The Morgan fingerprint density at radius 1 is 0.974 bits per heavy atom. The van der Waals surface area contributed by atoms with Gasteiger partial charge in [0.05, 0.1) is 18.6 Å². The number of carbonyl (C=O) groups excluding carboxylic acids is 1. The second-order valence-electron chi connectivity index (χ2n) is 8.40. The number of hydrogen-bond donors (Lipinski definition) is 2. The van der Waals surface area contributed by atoms with Gasteiger partial charge in [0.15, 0.2) is 11.6 Å². The highest BCUT2D eigenvalue weighted by molar-refractivity contribution is 5.93. The van der Waals surface area contributed by atoms with Crippen LogP contribution < -0.4 is 16.2 Å². The summed E-state index contributed by atoms with van der Waals surface area (Å²) >= 11 is 0. The second kappa shape index (κ2) is 11.3. The molecule has 0 bridgehead atoms. The molecule has 0 aliphatic rings. The van der Waals surface area contributed by atoms with E-state index in [-0.39, 0.29) is 18.7 Å². The summed E-state index contributed by atoms with van der Waals surface area (Å²) in [4.78, 5) is 34.1. The number of halogens is 2. The summed E-state index contributed by atoms with van der Waals surface area (Å²) in [6, 6.07) is 19.7. The number of fused-ring (bicyclic) bond motifs is 1. The molecule has 10 heteroatoms. The van der Waals surface area contributed by atoms with Gasteiger partial charge in [0.1, 0.15) is 5.56 Å². The highest BCUT2D eigenvalue weighted by atomic mass is 19.2. The van der Waals surface area contributed by atoms with Crippen molar-refractivity contribution < 1.29 is 13.6 Å². The predicted octanol–water partition coefficient (Wildman–Crippen LogP) is 4.04. The van der Waals surface area contributed by atoms with Gasteiger partial charge in [-0.3, -0.25) is 9.59 Å². The molecule has 3 aromatic carbocycles. The molecule has 2 aromatic heterocycles. The molecule has 0 saturated carbocycles. The zero-order valence-corrected chi connectivity index (χ0v) is 20.4. The zero-order chi connectivity index (χ0) is 27.2. The van der Waals surface area contributed by atoms with Gasteiger partial charge in [-0.15, -0.1) is 0 Å². The Bertz CT molecular complexity index is 1800. The van der Waals surface area contributed by atoms with Crippen LogP contribution in [0.15, 0.2) is 90.0 Å². The molecule has 5 rings (SSSR count). The van der Waals surface area contributed by atoms with Crippen LogP contribution in [0.25, 0.3) is 10.9 Å². The van der Waals surface area contributed by atoms with Crippen molar-refractivity contribution in [2.45, 2.75) is 6.54 Å². The first-order chi connectivity index (χ1) is 19.0. The van der Waals surface area contributed by atoms with Crippen molar-refractivity contribution >= 4 is 28.4 Å². The van der Waals surface area contributed by atoms with Crippen LogP contribution >= 0.6 is 0 Å². The molecular weight excluding hydrogens is 502 g/mol. The first-order valence-corrected chi connectivity index (χ1v) is 11.8. The van der Waals surface area contributed by atoms with Crippen LogP contribution in [0.1, 0.15) is 21.5 Å². The lowest BCUT2D eigenvalue weighted by Gasteiger charge is -2.07. The summed E-state index contributed by atoms with van der Waals surface area (Å²) in [5, 5.41) is 10.5. The van der Waals surface area contributed by atoms with E-state index in [1.807, 2.05) is 48.5 Å². The Balaban J connectivity index is 1.22. The van der Waals surface area contributed by atoms with E-state index in [1.54, 1.807) is 6.20 Å². The third-order valence-corrected chi connectivity index (χ3v) is 5.65. The van der Waals surface area contributed by atoms with Crippen molar-refractivity contribution in [3.63, 3.8) is 0 Å². The van der Waals surface area contributed by atoms with Crippen LogP contribution in [0.3, 0.4) is 0 Å². The monoisotopic (exact) mass is 522 g/mol. The van der Waals surface area contributed by atoms with Crippen molar-refractivity contribution in [2.24, 2.45) is 0 Å². The predicted molar refractivity (Wildman–Crippen MR) is 142 cm³/mol. The number of para-hydroxylation sites is 1. The van der Waals surface area contributed by atoms with Gasteiger partial charge in [-0.25, -0.2) is 23.4 Å². The normalized spacial score (nSPS) is 10.5. The summed E-state index contributed by atoms with van der Waals surface area (Å²) < 4.78 is 27.7. The standard InChI is InChI=1S/C29H20F2N6O2/c30-24-10-8-20(16-25(24)31)18-37-28(39)23(12-14-34-37)27(38)32-13-4-5-19-9-11-26-21(15-19)17-33-29(36-26)35-22-6-2-1-3-7-22/h1-3,6-12,14-17H,13,18H2,(H,32,38)(H,33,35,36). The molecular formula is C29H20F2N6O2. The van der Waals surface area contributed by atoms with Crippen molar-refractivity contribution in [3.8, 4) is 11.8 Å². The van der Waals surface area contributed by atoms with E-state index < -0.39 is 23.1 Å². The van der Waals surface area contributed by atoms with E-state index in [4.69, 9.17) is 0 Å². The summed E-state index contributed by atoms with van der Waals surface area (Å²) in [5.41, 5.74) is 1.87. The molecule has 0 saturated heterocycles. The molecule has 0 unspecified atom stereocenters. The van der Waals surface area contributed by atoms with Crippen LogP contribution in [0.2, 0.25) is 0 Å². The van der Waals surface area contributed by atoms with Crippen LogP contribution in [0, 0.1) is 23.5 Å². The summed E-state index contributed by atoms with van der Waals surface area (Å²) in [6.45, 7) is -0.120. The molecule has 39 heavy (non-hydrogen) atoms. The number of benzene rings is 3. The average molecular weight is 523 g/mol. The first-order valence-electron chi connectivity index (χ1n) is 11.8. The topological polar surface area (TPSA) is 102 Å². The molecule has 1 amide bonds. The van der Waals surface area contributed by atoms with Crippen molar-refractivity contribution in [3.05, 3.63) is 124 Å². The van der Waals surface area contributed by atoms with Crippen molar-refractivity contribution in [2.75, 3.05) is 11.9 Å². The highest BCUT2D eigenvalue weighted by Gasteiger charge is 2.13. The van der Waals surface area contributed by atoms with Gasteiger partial charge < -0.3 is 10.6 Å². The molecule has 0 fully saturated rings. The number of hydrogen-bond acceptors (Lipinski definition) is 6. The van der Waals surface area contributed by atoms with Crippen molar-refractivity contribution in [1.82, 2.24) is 25.1 Å². The lowest BCUT2D eigenvalue weighted by atomic mass is 10.1. The molecule has 0 aliphatic heterocycles. The molecule has 8 nitrogen and oxygen atoms in total. The van der Waals surface area contributed by atoms with Gasteiger partial charge >= 0.3 is 0 Å². The molecule has 5 aromatic rings. The quantitative estimate of drug-likeness (QED) is 0.327. The van der Waals surface area contributed by atoms with E-state index >= 15 is 0 Å². The minimum atomic E-state index is -1.03. The Morgan fingerprint density at radius 3 is 2.64 bits per heavy atom. The number of rotatable bonds is 6. The number of carbonyl (C=O) groups is 1. The minimum Gasteiger partial charge on any atom is -0.341 e. The second-order valence-corrected chi connectivity index (χ2v) is 8.40. The van der Waals surface area contributed by atoms with Crippen LogP contribution in [-0.4, -0.2) is 32.2 Å². The third-order valence-electron chi connectivity index (χ3n) is 5.65. The van der Waals surface area contributed by atoms with E-state index in [0.29, 0.717) is 17.1 Å². The van der Waals surface area contributed by atoms with Gasteiger partial charge in [-0.2, -0.15) is 5.10 Å². The molecule has 2 N–H and O–H groups in total. The minimum absolute atomic E-state index is 0.00175. The third kappa shape index (κ3) is 6.11. The molecule has 2 heterocycles. The number of aromatic nitrogens is 4. The maximum absolute atomic E-state index is 13.5. The van der Waals surface area contributed by atoms with E-state index in [0.717, 1.165) is 33.4 Å². The van der Waals surface area contributed by atoms with E-state index in [2.05, 4.69) is 37.5 Å². The zero-order valence-electron chi connectivity index (χ0n) is 20.4. The Hall–Kier alpha value is -5.43. The van der Waals surface area contributed by atoms with Crippen LogP contribution in [-0.2, 0) is 6.54 Å². The summed E-state index contributed by atoms with van der Waals surface area (Å²) in [6.07, 6.45) is 3.00. The lowest BCUT2D eigenvalue weighted by Crippen LogP contribution is -2.34. The van der Waals surface area contributed by atoms with Gasteiger partial charge in [-0.05, 0) is 54.1 Å². The van der Waals surface area contributed by atoms with Gasteiger partial charge in [-0.1, -0.05) is 36.1 Å². The van der Waals surface area contributed by atoms with E-state index in [1.165, 1.54) is 18.3 Å². The average Bonchev–Trinajstić information content (AvgIpc) is 2.94. The molecule has 0 aliphatic carbocycles. The lowest BCUT2D eigenvalue weighted by molar-refractivity contribution is 0.0956. The number of nitrogens with one attached hydrogen (secondary N) is 2. The highest BCUT2D eigenvalue weighted by Crippen LogP contribution is 2.17. The maximum atomic E-state index is 13.5. The van der Waals surface area contributed by atoms with Gasteiger partial charge in [0.25, 0.3) is 11.5 Å². The SMILES string of the molecule is O=C(NCC#Cc1ccc2nc(Nc3ccccc3)ncc2c1)c1ccnn(Cc2ccc(F)c(F)c2)c1=O. The largest absolute Gasteiger partial charge is 0.341 e. The fourth-order valence-corrected chi connectivity index (χ4v) is 3.74. The van der Waals surface area contributed by atoms with E-state index in [9.17, 15) is 18.4 Å². The fourth-order valence-electron chi connectivity index (χ4n) is 3.74. The van der Waals surface area contributed by atoms with Gasteiger partial charge in [0.2, 0.25) is 5.95 Å².